The fraction of sp³-hybridized carbons (Fsp3) is 0.385. The van der Waals surface area contributed by atoms with Crippen LogP contribution < -0.4 is 5.32 Å². The number of alkyl halides is 3. The SMILES string of the molecule is Cc1nn(-c2ccnc(Nc3ccc4c(c3)c(C(=O)C3CC3)cn4CC(F)(F)F)n2)cc1CN1C[C@H](O)CO1. The molecular weight excluding hydrogens is 515 g/mol. The summed E-state index contributed by atoms with van der Waals surface area (Å²) in [5.41, 5.74) is 2.87. The smallest absolute Gasteiger partial charge is 0.389 e. The van der Waals surface area contributed by atoms with Crippen LogP contribution in [0.15, 0.2) is 42.9 Å². The molecule has 0 bridgehead atoms. The number of aryl methyl sites for hydroxylation is 1. The van der Waals surface area contributed by atoms with E-state index in [0.717, 1.165) is 28.7 Å². The van der Waals surface area contributed by atoms with Crippen molar-refractivity contribution in [2.45, 2.75) is 45.1 Å². The summed E-state index contributed by atoms with van der Waals surface area (Å²) < 4.78 is 42.2. The Morgan fingerprint density at radius 3 is 2.77 bits per heavy atom. The van der Waals surface area contributed by atoms with Crippen molar-refractivity contribution < 1.29 is 27.9 Å². The van der Waals surface area contributed by atoms with Gasteiger partial charge in [-0.05, 0) is 38.0 Å². The van der Waals surface area contributed by atoms with Crippen LogP contribution in [-0.4, -0.2) is 65.7 Å². The second-order valence-corrected chi connectivity index (χ2v) is 9.98. The maximum Gasteiger partial charge on any atom is 0.406 e. The number of nitrogens with one attached hydrogen (secondary N) is 1. The predicted octanol–water partition coefficient (Wildman–Crippen LogP) is 3.93. The lowest BCUT2D eigenvalue weighted by molar-refractivity contribution is -0.139. The average Bonchev–Trinajstić information content (AvgIpc) is 3.44. The summed E-state index contributed by atoms with van der Waals surface area (Å²) in [5.74, 6) is 0.509. The molecule has 1 aliphatic carbocycles. The van der Waals surface area contributed by atoms with Gasteiger partial charge in [0.25, 0.3) is 0 Å². The summed E-state index contributed by atoms with van der Waals surface area (Å²) in [7, 11) is 0. The molecule has 4 aromatic rings. The molecule has 0 spiro atoms. The van der Waals surface area contributed by atoms with Gasteiger partial charge in [0.05, 0.1) is 31.5 Å². The molecule has 4 heterocycles. The number of hydrogen-bond acceptors (Lipinski definition) is 8. The zero-order valence-electron chi connectivity index (χ0n) is 21.0. The lowest BCUT2D eigenvalue weighted by Crippen LogP contribution is -2.20. The average molecular weight is 542 g/mol. The van der Waals surface area contributed by atoms with Crippen LogP contribution in [0, 0.1) is 12.8 Å². The quantitative estimate of drug-likeness (QED) is 0.323. The number of rotatable bonds is 8. The maximum atomic E-state index is 13.2. The molecule has 204 valence electrons. The number of carbonyl (C=O) groups excluding carboxylic acids is 1. The van der Waals surface area contributed by atoms with Crippen LogP contribution in [0.2, 0.25) is 0 Å². The van der Waals surface area contributed by atoms with Crippen LogP contribution in [0.4, 0.5) is 24.8 Å². The summed E-state index contributed by atoms with van der Waals surface area (Å²) in [6, 6.07) is 6.56. The van der Waals surface area contributed by atoms with E-state index in [1.165, 1.54) is 6.20 Å². The van der Waals surface area contributed by atoms with Gasteiger partial charge in [-0.25, -0.2) is 9.67 Å². The lowest BCUT2D eigenvalue weighted by atomic mass is 10.1. The maximum absolute atomic E-state index is 13.2. The lowest BCUT2D eigenvalue weighted by Gasteiger charge is -2.12. The Kier molecular flexibility index (Phi) is 6.36. The highest BCUT2D eigenvalue weighted by atomic mass is 19.4. The zero-order valence-corrected chi connectivity index (χ0v) is 21.0. The number of nitrogens with zero attached hydrogens (tertiary/aromatic N) is 6. The van der Waals surface area contributed by atoms with Gasteiger partial charge in [-0.3, -0.25) is 9.63 Å². The minimum absolute atomic E-state index is 0.129. The first-order valence-electron chi connectivity index (χ1n) is 12.6. The van der Waals surface area contributed by atoms with E-state index in [0.29, 0.717) is 41.1 Å². The number of aliphatic hydroxyl groups is 1. The third kappa shape index (κ3) is 5.51. The second kappa shape index (κ2) is 9.74. The molecule has 2 N–H and O–H groups in total. The number of carbonyl (C=O) groups is 1. The van der Waals surface area contributed by atoms with Crippen molar-refractivity contribution in [3.63, 3.8) is 0 Å². The number of β-amino-alcohol motifs (C(OH)–C–C–N with tert-alkyl or cyclic N) is 1. The van der Waals surface area contributed by atoms with Gasteiger partial charge in [0.2, 0.25) is 5.95 Å². The van der Waals surface area contributed by atoms with E-state index in [-0.39, 0.29) is 24.3 Å². The molecule has 10 nitrogen and oxygen atoms in total. The van der Waals surface area contributed by atoms with Crippen molar-refractivity contribution in [1.29, 1.82) is 0 Å². The Balaban J connectivity index is 1.26. The van der Waals surface area contributed by atoms with Gasteiger partial charge in [-0.2, -0.15) is 28.3 Å². The van der Waals surface area contributed by atoms with Gasteiger partial charge in [0, 0.05) is 58.3 Å². The van der Waals surface area contributed by atoms with E-state index >= 15 is 0 Å². The molecule has 13 heteroatoms. The van der Waals surface area contributed by atoms with Crippen molar-refractivity contribution in [1.82, 2.24) is 29.4 Å². The van der Waals surface area contributed by atoms with Crippen LogP contribution in [0.1, 0.15) is 34.5 Å². The van der Waals surface area contributed by atoms with Gasteiger partial charge < -0.3 is 15.0 Å². The summed E-state index contributed by atoms with van der Waals surface area (Å²) in [6.07, 6.45) is 1.30. The molecule has 2 fully saturated rings. The van der Waals surface area contributed by atoms with Crippen molar-refractivity contribution in [2.24, 2.45) is 5.92 Å². The summed E-state index contributed by atoms with van der Waals surface area (Å²) in [6.45, 7) is 1.86. The number of hydroxylamine groups is 2. The topological polar surface area (TPSA) is 110 Å². The molecule has 39 heavy (non-hydrogen) atoms. The predicted molar refractivity (Wildman–Crippen MR) is 135 cm³/mol. The highest BCUT2D eigenvalue weighted by Crippen LogP contribution is 2.37. The highest BCUT2D eigenvalue weighted by Gasteiger charge is 2.34. The molecule has 1 atom stereocenters. The Morgan fingerprint density at radius 1 is 1.23 bits per heavy atom. The van der Waals surface area contributed by atoms with E-state index < -0.39 is 18.8 Å². The zero-order chi connectivity index (χ0) is 27.3. The summed E-state index contributed by atoms with van der Waals surface area (Å²) in [5, 5.41) is 19.5. The first-order valence-corrected chi connectivity index (χ1v) is 12.6. The van der Waals surface area contributed by atoms with Gasteiger partial charge in [-0.1, -0.05) is 0 Å². The minimum Gasteiger partial charge on any atom is -0.389 e. The van der Waals surface area contributed by atoms with Crippen LogP contribution in [0.5, 0.6) is 0 Å². The number of hydrogen-bond donors (Lipinski definition) is 2. The van der Waals surface area contributed by atoms with E-state index in [1.807, 2.05) is 13.1 Å². The number of fused-ring (bicyclic) bond motifs is 1. The Morgan fingerprint density at radius 2 is 2.05 bits per heavy atom. The number of ketones is 1. The summed E-state index contributed by atoms with van der Waals surface area (Å²) >= 11 is 0. The van der Waals surface area contributed by atoms with E-state index in [9.17, 15) is 23.1 Å². The third-order valence-corrected chi connectivity index (χ3v) is 6.79. The number of aromatic nitrogens is 5. The van der Waals surface area contributed by atoms with Gasteiger partial charge >= 0.3 is 6.18 Å². The molecule has 3 aromatic heterocycles. The Hall–Kier alpha value is -3.81. The molecule has 0 radical (unpaired) electrons. The molecule has 6 rings (SSSR count). The van der Waals surface area contributed by atoms with E-state index in [2.05, 4.69) is 20.4 Å². The first kappa shape index (κ1) is 25.5. The number of benzene rings is 1. The minimum atomic E-state index is -4.41. The molecule has 1 aliphatic heterocycles. The van der Waals surface area contributed by atoms with Crippen molar-refractivity contribution >= 4 is 28.3 Å². The Bertz CT molecular complexity index is 1540. The monoisotopic (exact) mass is 541 g/mol. The molecule has 2 aliphatic rings. The normalized spacial score (nSPS) is 18.2. The van der Waals surface area contributed by atoms with Crippen LogP contribution in [-0.2, 0) is 17.9 Å². The second-order valence-electron chi connectivity index (χ2n) is 9.98. The van der Waals surface area contributed by atoms with E-state index in [4.69, 9.17) is 4.84 Å². The fourth-order valence-electron chi connectivity index (χ4n) is 4.73. The van der Waals surface area contributed by atoms with Crippen LogP contribution >= 0.6 is 0 Å². The molecule has 0 unspecified atom stereocenters. The van der Waals surface area contributed by atoms with Gasteiger partial charge in [0.1, 0.15) is 6.54 Å². The molecule has 1 saturated carbocycles. The fourth-order valence-corrected chi connectivity index (χ4v) is 4.73. The highest BCUT2D eigenvalue weighted by molar-refractivity contribution is 6.10. The number of anilines is 2. The Labute approximate surface area is 221 Å². The molecule has 1 aromatic carbocycles. The van der Waals surface area contributed by atoms with Crippen molar-refractivity contribution in [2.75, 3.05) is 18.5 Å². The molecule has 1 saturated heterocycles. The third-order valence-electron chi connectivity index (χ3n) is 6.79. The van der Waals surface area contributed by atoms with E-state index in [1.54, 1.807) is 40.2 Å². The van der Waals surface area contributed by atoms with Crippen LogP contribution in [0.3, 0.4) is 0 Å². The standard InChI is InChI=1S/C26H26F3N7O3/c1-15-17(9-35-11-19(37)13-39-35)10-36(33-15)23-6-7-30-25(32-23)31-18-4-5-22-20(8-18)21(24(38)16-2-3-16)12-34(22)14-26(27,28)29/h4-8,10,12,16,19,37H,2-3,9,11,13-14H2,1H3,(H,30,31,32)/t19-/m0/s1. The van der Waals surface area contributed by atoms with Crippen molar-refractivity contribution in [3.05, 3.63) is 59.7 Å². The summed E-state index contributed by atoms with van der Waals surface area (Å²) in [4.78, 5) is 27.1. The van der Waals surface area contributed by atoms with Crippen molar-refractivity contribution in [3.8, 4) is 5.82 Å². The van der Waals surface area contributed by atoms with Crippen LogP contribution in [0.25, 0.3) is 16.7 Å². The molecular formula is C26H26F3N7O3. The van der Waals surface area contributed by atoms with Gasteiger partial charge in [-0.15, -0.1) is 0 Å². The number of halogens is 3. The number of aliphatic hydroxyl groups excluding tert-OH is 1. The van der Waals surface area contributed by atoms with Gasteiger partial charge in [0.15, 0.2) is 11.6 Å². The largest absolute Gasteiger partial charge is 0.406 e. The number of Topliss-reactive ketones (excluding diaryl/α,β-unsaturated/α-hetero) is 1. The molecule has 0 amide bonds. The first-order chi connectivity index (χ1) is 18.6.